The van der Waals surface area contributed by atoms with Crippen molar-refractivity contribution < 1.29 is 99.2 Å². The molecular formula is C33H40O21. The highest BCUT2D eigenvalue weighted by Crippen LogP contribution is 2.37. The summed E-state index contributed by atoms with van der Waals surface area (Å²) in [6.45, 7) is -2.07. The van der Waals surface area contributed by atoms with E-state index < -0.39 is 129 Å². The summed E-state index contributed by atoms with van der Waals surface area (Å²) in [5.41, 5.74) is -0.861. The minimum atomic E-state index is -1.88. The van der Waals surface area contributed by atoms with E-state index in [1.807, 2.05) is 0 Å². The van der Waals surface area contributed by atoms with Crippen LogP contribution in [0.3, 0.4) is 0 Å². The van der Waals surface area contributed by atoms with E-state index in [9.17, 15) is 71.2 Å². The van der Waals surface area contributed by atoms with Gasteiger partial charge in [0.2, 0.25) is 12.6 Å². The fourth-order valence-corrected chi connectivity index (χ4v) is 6.19. The van der Waals surface area contributed by atoms with Gasteiger partial charge in [0, 0.05) is 23.8 Å². The summed E-state index contributed by atoms with van der Waals surface area (Å²) in [4.78, 5) is 13.1. The molecule has 0 aliphatic carbocycles. The van der Waals surface area contributed by atoms with Gasteiger partial charge in [-0.05, 0) is 18.2 Å². The Labute approximate surface area is 303 Å². The van der Waals surface area contributed by atoms with Crippen molar-refractivity contribution in [2.45, 2.75) is 92.1 Å². The Hall–Kier alpha value is -3.75. The summed E-state index contributed by atoms with van der Waals surface area (Å²) < 4.78 is 38.5. The summed E-state index contributed by atoms with van der Waals surface area (Å²) in [6.07, 6.45) is -24.8. The zero-order chi connectivity index (χ0) is 39.2. The van der Waals surface area contributed by atoms with Crippen molar-refractivity contribution in [3.63, 3.8) is 0 Å². The highest BCUT2D eigenvalue weighted by Gasteiger charge is 2.48. The Morgan fingerprint density at radius 1 is 0.574 bits per heavy atom. The van der Waals surface area contributed by atoms with Crippen LogP contribution in [0.2, 0.25) is 0 Å². The first-order valence-corrected chi connectivity index (χ1v) is 16.5. The summed E-state index contributed by atoms with van der Waals surface area (Å²) >= 11 is 0. The Balaban J connectivity index is 1.19. The van der Waals surface area contributed by atoms with Gasteiger partial charge in [-0.1, -0.05) is 0 Å². The van der Waals surface area contributed by atoms with Crippen LogP contribution in [-0.4, -0.2) is 178 Å². The van der Waals surface area contributed by atoms with Crippen LogP contribution >= 0.6 is 0 Å². The molecule has 0 bridgehead atoms. The van der Waals surface area contributed by atoms with Gasteiger partial charge < -0.3 is 99.2 Å². The molecule has 15 atom stereocenters. The number of rotatable bonds is 10. The van der Waals surface area contributed by atoms with Crippen LogP contribution in [0, 0.1) is 0 Å². The molecule has 0 saturated carbocycles. The van der Waals surface area contributed by atoms with E-state index >= 15 is 0 Å². The van der Waals surface area contributed by atoms with Crippen LogP contribution in [0.25, 0.3) is 22.3 Å². The van der Waals surface area contributed by atoms with Crippen molar-refractivity contribution in [3.05, 3.63) is 46.6 Å². The predicted octanol–water partition coefficient (Wildman–Crippen LogP) is -4.95. The van der Waals surface area contributed by atoms with E-state index in [0.717, 1.165) is 24.3 Å². The van der Waals surface area contributed by atoms with Crippen LogP contribution in [-0.2, 0) is 18.9 Å². The fraction of sp³-hybridized carbons (Fsp3) is 0.545. The fourth-order valence-electron chi connectivity index (χ4n) is 6.19. The van der Waals surface area contributed by atoms with Crippen molar-refractivity contribution in [3.8, 4) is 34.3 Å². The predicted molar refractivity (Wildman–Crippen MR) is 173 cm³/mol. The molecule has 3 aliphatic rings. The van der Waals surface area contributed by atoms with Crippen LogP contribution in [0.5, 0.6) is 23.0 Å². The molecule has 6 rings (SSSR count). The number of ether oxygens (including phenoxy) is 6. The lowest BCUT2D eigenvalue weighted by Gasteiger charge is -2.42. The molecule has 1 unspecified atom stereocenters. The average molecular weight is 773 g/mol. The maximum Gasteiger partial charge on any atom is 0.229 e. The third kappa shape index (κ3) is 7.70. The number of phenols is 2. The normalized spacial score (nSPS) is 37.3. The highest BCUT2D eigenvalue weighted by atomic mass is 16.7. The van der Waals surface area contributed by atoms with Crippen molar-refractivity contribution in [1.29, 1.82) is 0 Å². The molecule has 298 valence electrons. The Bertz CT molecular complexity index is 1820. The molecule has 21 heteroatoms. The minimum Gasteiger partial charge on any atom is -0.507 e. The maximum atomic E-state index is 13.1. The van der Waals surface area contributed by atoms with Gasteiger partial charge in [0.05, 0.1) is 19.8 Å². The third-order valence-electron chi connectivity index (χ3n) is 9.31. The van der Waals surface area contributed by atoms with Crippen molar-refractivity contribution >= 4 is 11.0 Å². The molecule has 3 fully saturated rings. The molecule has 3 saturated heterocycles. The number of benzene rings is 2. The van der Waals surface area contributed by atoms with Crippen molar-refractivity contribution in [2.75, 3.05) is 19.8 Å². The van der Waals surface area contributed by atoms with E-state index in [2.05, 4.69) is 0 Å². The molecule has 0 amide bonds. The summed E-state index contributed by atoms with van der Waals surface area (Å²) in [5, 5.41) is 132. The second-order valence-corrected chi connectivity index (χ2v) is 13.0. The number of hydrogen-bond acceptors (Lipinski definition) is 21. The molecule has 13 N–H and O–H groups in total. The maximum absolute atomic E-state index is 13.1. The molecular weight excluding hydrogens is 732 g/mol. The van der Waals surface area contributed by atoms with Gasteiger partial charge in [-0.15, -0.1) is 0 Å². The molecule has 3 aromatic rings. The quantitative estimate of drug-likeness (QED) is 0.0918. The second kappa shape index (κ2) is 16.2. The first-order chi connectivity index (χ1) is 25.6. The zero-order valence-electron chi connectivity index (χ0n) is 27.8. The van der Waals surface area contributed by atoms with Crippen LogP contribution in [0.15, 0.2) is 45.6 Å². The topological polar surface area (TPSA) is 349 Å². The number of hydrogen-bond donors (Lipinski definition) is 13. The molecule has 21 nitrogen and oxygen atoms in total. The summed E-state index contributed by atoms with van der Waals surface area (Å²) in [5.74, 6) is -1.80. The molecule has 2 aromatic carbocycles. The summed E-state index contributed by atoms with van der Waals surface area (Å²) in [6, 6.07) is 6.82. The Kier molecular flexibility index (Phi) is 11.9. The van der Waals surface area contributed by atoms with Gasteiger partial charge in [0.15, 0.2) is 23.2 Å². The van der Waals surface area contributed by atoms with Crippen molar-refractivity contribution in [2.24, 2.45) is 0 Å². The summed E-state index contributed by atoms with van der Waals surface area (Å²) in [7, 11) is 0. The first kappa shape index (κ1) is 39.9. The van der Waals surface area contributed by atoms with E-state index in [-0.39, 0.29) is 33.8 Å². The lowest BCUT2D eigenvalue weighted by molar-refractivity contribution is -0.323. The van der Waals surface area contributed by atoms with Gasteiger partial charge >= 0.3 is 0 Å². The van der Waals surface area contributed by atoms with E-state index in [4.69, 9.17) is 32.8 Å². The van der Waals surface area contributed by atoms with Gasteiger partial charge in [-0.3, -0.25) is 4.79 Å². The molecule has 1 aromatic heterocycles. The molecule has 0 radical (unpaired) electrons. The lowest BCUT2D eigenvalue weighted by atomic mass is 9.98. The number of aliphatic hydroxyl groups is 11. The number of fused-ring (bicyclic) bond motifs is 1. The zero-order valence-corrected chi connectivity index (χ0v) is 27.8. The largest absolute Gasteiger partial charge is 0.507 e. The number of phenolic OH excluding ortho intramolecular Hbond substituents is 2. The molecule has 4 heterocycles. The van der Waals surface area contributed by atoms with Crippen molar-refractivity contribution in [1.82, 2.24) is 0 Å². The number of aliphatic hydroxyl groups excluding tert-OH is 11. The van der Waals surface area contributed by atoms with Crippen LogP contribution in [0.4, 0.5) is 0 Å². The van der Waals surface area contributed by atoms with Crippen LogP contribution in [0.1, 0.15) is 0 Å². The lowest BCUT2D eigenvalue weighted by Crippen LogP contribution is -2.62. The van der Waals surface area contributed by atoms with E-state index in [0.29, 0.717) is 0 Å². The molecule has 54 heavy (non-hydrogen) atoms. The van der Waals surface area contributed by atoms with E-state index in [1.165, 1.54) is 12.1 Å². The second-order valence-electron chi connectivity index (χ2n) is 13.0. The minimum absolute atomic E-state index is 0.115. The average Bonchev–Trinajstić information content (AvgIpc) is 3.14. The van der Waals surface area contributed by atoms with Gasteiger partial charge in [0.1, 0.15) is 101 Å². The first-order valence-electron chi connectivity index (χ1n) is 16.5. The van der Waals surface area contributed by atoms with E-state index in [1.54, 1.807) is 0 Å². The third-order valence-corrected chi connectivity index (χ3v) is 9.31. The van der Waals surface area contributed by atoms with Gasteiger partial charge in [-0.25, -0.2) is 0 Å². The number of aromatic hydroxyl groups is 2. The molecule has 3 aliphatic heterocycles. The van der Waals surface area contributed by atoms with Crippen LogP contribution < -0.4 is 14.9 Å². The van der Waals surface area contributed by atoms with Gasteiger partial charge in [-0.2, -0.15) is 0 Å². The highest BCUT2D eigenvalue weighted by molar-refractivity contribution is 5.86. The monoisotopic (exact) mass is 772 g/mol. The van der Waals surface area contributed by atoms with Gasteiger partial charge in [0.25, 0.3) is 0 Å². The molecule has 0 spiro atoms. The smallest absolute Gasteiger partial charge is 0.229 e. The SMILES string of the molecule is O=c1cc(-c2ccc(OC3O[C@H](CO)[C@@H](O)[C@H](O)[C@H]3O)c(O)c2)oc2cc(O[C@@H]3O[C@H](CO[C@@H]4O[C@H](CO)[C@@H](O)[C@H](O)[C@H]4O)[C@@H](O)[C@H](O)[C@H]3O)cc(O)c12. The Morgan fingerprint density at radius 3 is 1.70 bits per heavy atom. The standard InChI is InChI=1S/C33H40O21/c34-7-18-22(39)25(42)28(45)31(52-18)48-9-20-24(41)27(44)29(46)32(54-20)49-11-4-13(37)21-14(38)6-16(50-17(21)5-11)10-1-2-15(12(36)3-10)51-33-30(47)26(43)23(40)19(8-35)53-33/h1-6,18-20,22-37,39-47H,7-9H2/t18-,19-,20-,22-,23-,24-,25+,26+,27+,28-,29-,30-,31-,32-,33?/m1/s1. The Morgan fingerprint density at radius 2 is 1.11 bits per heavy atom.